The van der Waals surface area contributed by atoms with Gasteiger partial charge in [0, 0.05) is 6.42 Å². The van der Waals surface area contributed by atoms with E-state index in [2.05, 4.69) is 92.1 Å². The molecule has 1 saturated heterocycles. The van der Waals surface area contributed by atoms with Crippen LogP contribution in [0.1, 0.15) is 354 Å². The molecule has 1 fully saturated rings. The number of carbonyl (C=O) groups is 1. The lowest BCUT2D eigenvalue weighted by molar-refractivity contribution is -0.302. The van der Waals surface area contributed by atoms with Crippen molar-refractivity contribution in [2.24, 2.45) is 0 Å². The third kappa shape index (κ3) is 55.0. The molecular formula is C79H143NO8. The van der Waals surface area contributed by atoms with Gasteiger partial charge in [-0.05, 0) is 70.6 Å². The largest absolute Gasteiger partial charge is 0.394 e. The molecule has 1 rings (SSSR count). The summed E-state index contributed by atoms with van der Waals surface area (Å²) < 4.78 is 11.3. The van der Waals surface area contributed by atoms with Crippen LogP contribution in [0.4, 0.5) is 0 Å². The molecule has 1 aliphatic heterocycles. The van der Waals surface area contributed by atoms with Crippen LogP contribution >= 0.6 is 0 Å². The van der Waals surface area contributed by atoms with Gasteiger partial charge in [0.05, 0.1) is 25.4 Å². The second-order valence-electron chi connectivity index (χ2n) is 26.1. The van der Waals surface area contributed by atoms with Gasteiger partial charge in [0.1, 0.15) is 24.4 Å². The minimum Gasteiger partial charge on any atom is -0.394 e. The van der Waals surface area contributed by atoms with Crippen LogP contribution < -0.4 is 5.32 Å². The Morgan fingerprint density at radius 2 is 0.705 bits per heavy atom. The summed E-state index contributed by atoms with van der Waals surface area (Å²) in [7, 11) is 0. The molecule has 9 nitrogen and oxygen atoms in total. The van der Waals surface area contributed by atoms with Gasteiger partial charge >= 0.3 is 0 Å². The summed E-state index contributed by atoms with van der Waals surface area (Å²) in [4.78, 5) is 13.2. The molecular weight excluding hydrogens is 1090 g/mol. The minimum absolute atomic E-state index is 0.171. The number of ether oxygens (including phenoxy) is 2. The maximum Gasteiger partial charge on any atom is 0.220 e. The molecule has 6 N–H and O–H groups in total. The highest BCUT2D eigenvalue weighted by Crippen LogP contribution is 2.24. The third-order valence-electron chi connectivity index (χ3n) is 17.7. The summed E-state index contributed by atoms with van der Waals surface area (Å²) in [5, 5.41) is 54.8. The topological polar surface area (TPSA) is 149 Å². The van der Waals surface area contributed by atoms with Crippen LogP contribution in [0.25, 0.3) is 0 Å². The molecule has 9 heteroatoms. The summed E-state index contributed by atoms with van der Waals surface area (Å²) in [5.74, 6) is -0.171. The first kappa shape index (κ1) is 83.4. The van der Waals surface area contributed by atoms with Crippen LogP contribution in [-0.2, 0) is 14.3 Å². The first-order chi connectivity index (χ1) is 43.3. The van der Waals surface area contributed by atoms with Gasteiger partial charge in [0.25, 0.3) is 0 Å². The number of allylic oxidation sites excluding steroid dienone is 13. The number of aliphatic hydroxyl groups excluding tert-OH is 5. The van der Waals surface area contributed by atoms with Crippen molar-refractivity contribution in [3.05, 3.63) is 85.1 Å². The summed E-state index contributed by atoms with van der Waals surface area (Å²) in [6, 6.07) is -0.808. The van der Waals surface area contributed by atoms with Crippen molar-refractivity contribution < 1.29 is 39.8 Å². The van der Waals surface area contributed by atoms with E-state index in [-0.39, 0.29) is 12.5 Å². The second kappa shape index (κ2) is 67.3. The number of amides is 1. The molecule has 1 aliphatic rings. The van der Waals surface area contributed by atoms with Gasteiger partial charge in [0.15, 0.2) is 6.29 Å². The number of hydrogen-bond acceptors (Lipinski definition) is 8. The van der Waals surface area contributed by atoms with Crippen LogP contribution in [0, 0.1) is 0 Å². The summed E-state index contributed by atoms with van der Waals surface area (Å²) in [5.41, 5.74) is 0. The Kier molecular flexibility index (Phi) is 63.7. The van der Waals surface area contributed by atoms with Crippen LogP contribution in [0.2, 0.25) is 0 Å². The van der Waals surface area contributed by atoms with Crippen molar-refractivity contribution in [1.82, 2.24) is 5.32 Å². The molecule has 0 aromatic rings. The molecule has 1 amide bonds. The highest BCUT2D eigenvalue weighted by atomic mass is 16.7. The highest BCUT2D eigenvalue weighted by Gasteiger charge is 2.44. The van der Waals surface area contributed by atoms with Gasteiger partial charge in [-0.25, -0.2) is 0 Å². The average Bonchev–Trinajstić information content (AvgIpc) is 3.31. The Balaban J connectivity index is 2.06. The van der Waals surface area contributed by atoms with Gasteiger partial charge in [-0.3, -0.25) is 4.79 Å². The average molecular weight is 1240 g/mol. The van der Waals surface area contributed by atoms with Crippen molar-refractivity contribution in [2.75, 3.05) is 13.2 Å². The summed E-state index contributed by atoms with van der Waals surface area (Å²) >= 11 is 0. The van der Waals surface area contributed by atoms with E-state index in [1.807, 2.05) is 6.08 Å². The smallest absolute Gasteiger partial charge is 0.220 e. The lowest BCUT2D eigenvalue weighted by atomic mass is 9.99. The molecule has 0 radical (unpaired) electrons. The number of rotatable bonds is 66. The van der Waals surface area contributed by atoms with Gasteiger partial charge in [0.2, 0.25) is 5.91 Å². The fourth-order valence-electron chi connectivity index (χ4n) is 11.9. The van der Waals surface area contributed by atoms with Crippen molar-refractivity contribution in [3.8, 4) is 0 Å². The third-order valence-corrected chi connectivity index (χ3v) is 17.7. The molecule has 512 valence electrons. The van der Waals surface area contributed by atoms with Gasteiger partial charge < -0.3 is 40.3 Å². The van der Waals surface area contributed by atoms with E-state index in [9.17, 15) is 30.3 Å². The van der Waals surface area contributed by atoms with Crippen LogP contribution in [0.5, 0.6) is 0 Å². The molecule has 7 unspecified atom stereocenters. The molecule has 0 aromatic carbocycles. The molecule has 7 atom stereocenters. The minimum atomic E-state index is -1.57. The molecule has 0 spiro atoms. The predicted molar refractivity (Wildman–Crippen MR) is 378 cm³/mol. The lowest BCUT2D eigenvalue weighted by Crippen LogP contribution is -2.60. The normalized spacial score (nSPS) is 18.4. The second-order valence-corrected chi connectivity index (χ2v) is 26.1. The van der Waals surface area contributed by atoms with E-state index < -0.39 is 49.5 Å². The zero-order chi connectivity index (χ0) is 63.5. The van der Waals surface area contributed by atoms with E-state index in [4.69, 9.17) is 9.47 Å². The SMILES string of the molecule is CC/C=C\C/C=C\C/C=C\C/C=C\C/C=C\C/C=C\CCCCCCCCCCCCCCCCCCCCCCCCC(=O)NC(COC1OC(CO)C(O)C(O)C1O)C(O)/C=C/CCCCCCCCCCCCCCCCCCCCCCCC. The van der Waals surface area contributed by atoms with E-state index in [0.29, 0.717) is 6.42 Å². The van der Waals surface area contributed by atoms with Crippen molar-refractivity contribution in [1.29, 1.82) is 0 Å². The van der Waals surface area contributed by atoms with Gasteiger partial charge in [-0.15, -0.1) is 0 Å². The van der Waals surface area contributed by atoms with Crippen LogP contribution in [-0.4, -0.2) is 87.5 Å². The summed E-state index contributed by atoms with van der Waals surface area (Å²) in [6.45, 7) is 3.71. The van der Waals surface area contributed by atoms with Crippen LogP contribution in [0.3, 0.4) is 0 Å². The number of carbonyl (C=O) groups excluding carboxylic acids is 1. The number of aliphatic hydroxyl groups is 5. The van der Waals surface area contributed by atoms with Crippen molar-refractivity contribution in [3.63, 3.8) is 0 Å². The van der Waals surface area contributed by atoms with Crippen LogP contribution in [0.15, 0.2) is 85.1 Å². The monoisotopic (exact) mass is 1230 g/mol. The van der Waals surface area contributed by atoms with Crippen molar-refractivity contribution >= 4 is 5.91 Å². The van der Waals surface area contributed by atoms with Crippen molar-refractivity contribution in [2.45, 2.75) is 397 Å². The Hall–Kier alpha value is -2.63. The van der Waals surface area contributed by atoms with Gasteiger partial charge in [-0.2, -0.15) is 0 Å². The summed E-state index contributed by atoms with van der Waals surface area (Å²) in [6.07, 6.45) is 89.9. The maximum atomic E-state index is 13.2. The molecule has 88 heavy (non-hydrogen) atoms. The van der Waals surface area contributed by atoms with E-state index in [1.165, 1.54) is 257 Å². The molecule has 1 heterocycles. The number of nitrogens with one attached hydrogen (secondary N) is 1. The molecule has 0 aromatic heterocycles. The van der Waals surface area contributed by atoms with E-state index in [0.717, 1.165) is 77.0 Å². The number of hydrogen-bond donors (Lipinski definition) is 6. The Bertz CT molecular complexity index is 1670. The predicted octanol–water partition coefficient (Wildman–Crippen LogP) is 21.3. The van der Waals surface area contributed by atoms with E-state index >= 15 is 0 Å². The highest BCUT2D eigenvalue weighted by molar-refractivity contribution is 5.76. The number of unbranched alkanes of at least 4 members (excludes halogenated alkanes) is 44. The zero-order valence-corrected chi connectivity index (χ0v) is 57.5. The standard InChI is InChI=1S/C79H143NO8/c1-3-5-7-9-11-13-15-17-19-21-23-25-27-29-30-31-32-33-34-35-36-37-38-39-40-41-42-43-44-45-47-49-51-53-55-57-59-61-63-65-67-69-75(83)80-72(71-87-79-78(86)77(85)76(84)74(70-81)88-79)73(82)68-66-64-62-60-58-56-54-52-50-48-46-28-26-24-22-20-18-16-14-12-10-8-6-4-2/h5,7,11,13,17,19,23,25,29-30,32-33,66,68,72-74,76-79,81-82,84-86H,3-4,6,8-10,12,14-16,18,20-22,24,26-28,31,34-65,67,69-71H2,1-2H3,(H,80,83)/b7-5-,13-11-,19-17-,25-23-,30-29-,33-32-,68-66+. The Morgan fingerprint density at radius 1 is 0.398 bits per heavy atom. The quantitative estimate of drug-likeness (QED) is 0.0261. The Labute approximate surface area is 543 Å². The zero-order valence-electron chi connectivity index (χ0n) is 57.5. The molecule has 0 bridgehead atoms. The molecule has 0 aliphatic carbocycles. The first-order valence-corrected chi connectivity index (χ1v) is 37.8. The van der Waals surface area contributed by atoms with Gasteiger partial charge in [-0.1, -0.05) is 362 Å². The van der Waals surface area contributed by atoms with E-state index in [1.54, 1.807) is 6.08 Å². The lowest BCUT2D eigenvalue weighted by Gasteiger charge is -2.40. The first-order valence-electron chi connectivity index (χ1n) is 37.8. The fraction of sp³-hybridized carbons (Fsp3) is 0.810. The molecule has 0 saturated carbocycles. The Morgan fingerprint density at radius 3 is 1.05 bits per heavy atom. The fourth-order valence-corrected chi connectivity index (χ4v) is 11.9. The maximum absolute atomic E-state index is 13.2.